The van der Waals surface area contributed by atoms with E-state index in [4.69, 9.17) is 0 Å². The Bertz CT molecular complexity index is 426. The number of nitrogens with zero attached hydrogens (tertiary/aromatic N) is 2. The molecule has 0 amide bonds. The maximum Gasteiger partial charge on any atom is 0.0576 e. The topological polar surface area (TPSA) is 17.8 Å². The molecule has 0 fully saturated rings. The fourth-order valence-electron chi connectivity index (χ4n) is 1.47. The Morgan fingerprint density at radius 1 is 1.38 bits per heavy atom. The lowest BCUT2D eigenvalue weighted by molar-refractivity contribution is 0.768. The molecule has 2 heterocycles. The molecule has 0 aliphatic rings. The number of hydrogen-bond acceptors (Lipinski definition) is 2. The van der Waals surface area contributed by atoms with E-state index in [1.54, 1.807) is 0 Å². The quantitative estimate of drug-likeness (QED) is 0.679. The Hall–Kier alpha value is -1.09. The molecule has 0 radical (unpaired) electrons. The van der Waals surface area contributed by atoms with Gasteiger partial charge in [0.15, 0.2) is 0 Å². The predicted molar refractivity (Wildman–Crippen MR) is 56.0 cm³/mol. The highest BCUT2D eigenvalue weighted by atomic mass is 32.1. The number of hydrogen-bond donors (Lipinski definition) is 0. The lowest BCUT2D eigenvalue weighted by Gasteiger charge is -1.91. The van der Waals surface area contributed by atoms with E-state index < -0.39 is 0 Å². The van der Waals surface area contributed by atoms with Crippen molar-refractivity contribution < 1.29 is 0 Å². The van der Waals surface area contributed by atoms with E-state index in [-0.39, 0.29) is 0 Å². The van der Waals surface area contributed by atoms with Crippen LogP contribution in [0.2, 0.25) is 0 Å². The molecule has 0 unspecified atom stereocenters. The average Bonchev–Trinajstić information content (AvgIpc) is 2.58. The van der Waals surface area contributed by atoms with Gasteiger partial charge in [-0.25, -0.2) is 0 Å². The second-order valence-electron chi connectivity index (χ2n) is 3.27. The van der Waals surface area contributed by atoms with E-state index in [1.165, 1.54) is 20.9 Å². The molecule has 3 heteroatoms. The Morgan fingerprint density at radius 3 is 2.62 bits per heavy atom. The van der Waals surface area contributed by atoms with Crippen LogP contribution < -0.4 is 0 Å². The van der Waals surface area contributed by atoms with Crippen molar-refractivity contribution in [3.05, 3.63) is 28.9 Å². The van der Waals surface area contributed by atoms with Crippen molar-refractivity contribution in [2.24, 2.45) is 7.05 Å². The molecule has 0 saturated carbocycles. The van der Waals surface area contributed by atoms with E-state index in [0.717, 1.165) is 0 Å². The van der Waals surface area contributed by atoms with Gasteiger partial charge in [0.05, 0.1) is 6.20 Å². The highest BCUT2D eigenvalue weighted by Crippen LogP contribution is 2.31. The second kappa shape index (κ2) is 3.00. The molecular formula is C10H12N2S. The van der Waals surface area contributed by atoms with Crippen molar-refractivity contribution in [2.45, 2.75) is 13.8 Å². The monoisotopic (exact) mass is 192 g/mol. The van der Waals surface area contributed by atoms with Crippen LogP contribution in [0.25, 0.3) is 10.4 Å². The lowest BCUT2D eigenvalue weighted by Crippen LogP contribution is -1.83. The van der Waals surface area contributed by atoms with Gasteiger partial charge in [0, 0.05) is 28.6 Å². The zero-order valence-corrected chi connectivity index (χ0v) is 8.85. The van der Waals surface area contributed by atoms with Crippen LogP contribution in [0.3, 0.4) is 0 Å². The van der Waals surface area contributed by atoms with E-state index in [1.807, 2.05) is 29.3 Å². The first kappa shape index (κ1) is 8.51. The number of aryl methyl sites for hydroxylation is 3. The standard InChI is InChI=1S/C10H12N2S/c1-7-4-8(2)13-10(7)9-5-11-12(3)6-9/h4-6H,1-3H3. The van der Waals surface area contributed by atoms with E-state index in [9.17, 15) is 0 Å². The van der Waals surface area contributed by atoms with Crippen LogP contribution in [0, 0.1) is 13.8 Å². The third kappa shape index (κ3) is 1.52. The smallest absolute Gasteiger partial charge is 0.0576 e. The van der Waals surface area contributed by atoms with Crippen molar-refractivity contribution in [3.8, 4) is 10.4 Å². The fourth-order valence-corrected chi connectivity index (χ4v) is 2.47. The lowest BCUT2D eigenvalue weighted by atomic mass is 10.2. The summed E-state index contributed by atoms with van der Waals surface area (Å²) in [6.07, 6.45) is 3.97. The summed E-state index contributed by atoms with van der Waals surface area (Å²) in [5.41, 5.74) is 2.56. The number of thiophene rings is 1. The molecule has 0 aliphatic heterocycles. The zero-order valence-electron chi connectivity index (χ0n) is 8.03. The Kier molecular flexibility index (Phi) is 1.96. The third-order valence-electron chi connectivity index (χ3n) is 2.01. The molecule has 0 aliphatic carbocycles. The molecule has 2 nitrogen and oxygen atoms in total. The van der Waals surface area contributed by atoms with Gasteiger partial charge in [-0.2, -0.15) is 5.10 Å². The molecule has 2 rings (SSSR count). The summed E-state index contributed by atoms with van der Waals surface area (Å²) in [5, 5.41) is 4.17. The van der Waals surface area contributed by atoms with Crippen LogP contribution in [0.4, 0.5) is 0 Å². The van der Waals surface area contributed by atoms with Crippen LogP contribution in [0.15, 0.2) is 18.5 Å². The molecule has 0 spiro atoms. The van der Waals surface area contributed by atoms with Gasteiger partial charge in [0.2, 0.25) is 0 Å². The minimum absolute atomic E-state index is 1.22. The summed E-state index contributed by atoms with van der Waals surface area (Å²) >= 11 is 1.83. The minimum atomic E-state index is 1.22. The van der Waals surface area contributed by atoms with Crippen molar-refractivity contribution in [1.82, 2.24) is 9.78 Å². The maximum atomic E-state index is 4.17. The first-order valence-corrected chi connectivity index (χ1v) is 5.04. The van der Waals surface area contributed by atoms with E-state index in [2.05, 4.69) is 31.2 Å². The zero-order chi connectivity index (χ0) is 9.42. The van der Waals surface area contributed by atoms with Crippen LogP contribution in [0.5, 0.6) is 0 Å². The van der Waals surface area contributed by atoms with Crippen molar-refractivity contribution in [1.29, 1.82) is 0 Å². The van der Waals surface area contributed by atoms with Crippen LogP contribution in [-0.4, -0.2) is 9.78 Å². The van der Waals surface area contributed by atoms with Crippen molar-refractivity contribution in [2.75, 3.05) is 0 Å². The largest absolute Gasteiger partial charge is 0.275 e. The number of rotatable bonds is 1. The van der Waals surface area contributed by atoms with Crippen LogP contribution in [-0.2, 0) is 7.05 Å². The summed E-state index contributed by atoms with van der Waals surface area (Å²) in [5.74, 6) is 0. The van der Waals surface area contributed by atoms with Gasteiger partial charge in [-0.1, -0.05) is 0 Å². The van der Waals surface area contributed by atoms with Crippen molar-refractivity contribution >= 4 is 11.3 Å². The number of aromatic nitrogens is 2. The fraction of sp³-hybridized carbons (Fsp3) is 0.300. The molecule has 2 aromatic heterocycles. The van der Waals surface area contributed by atoms with Crippen molar-refractivity contribution in [3.63, 3.8) is 0 Å². The molecule has 68 valence electrons. The van der Waals surface area contributed by atoms with Gasteiger partial charge in [-0.05, 0) is 25.5 Å². The molecular weight excluding hydrogens is 180 g/mol. The molecule has 0 atom stereocenters. The molecule has 0 saturated heterocycles. The molecule has 0 bridgehead atoms. The molecule has 0 aromatic carbocycles. The van der Waals surface area contributed by atoms with Gasteiger partial charge >= 0.3 is 0 Å². The summed E-state index contributed by atoms with van der Waals surface area (Å²) in [6.45, 7) is 4.28. The normalized spacial score (nSPS) is 10.7. The van der Waals surface area contributed by atoms with Gasteiger partial charge in [-0.15, -0.1) is 11.3 Å². The first-order chi connectivity index (χ1) is 6.16. The minimum Gasteiger partial charge on any atom is -0.275 e. The highest BCUT2D eigenvalue weighted by molar-refractivity contribution is 7.15. The second-order valence-corrected chi connectivity index (χ2v) is 4.53. The summed E-state index contributed by atoms with van der Waals surface area (Å²) in [7, 11) is 1.94. The highest BCUT2D eigenvalue weighted by Gasteiger charge is 2.06. The molecule has 2 aromatic rings. The van der Waals surface area contributed by atoms with Crippen LogP contribution >= 0.6 is 11.3 Å². The van der Waals surface area contributed by atoms with E-state index >= 15 is 0 Å². The average molecular weight is 192 g/mol. The van der Waals surface area contributed by atoms with Gasteiger partial charge in [0.25, 0.3) is 0 Å². The predicted octanol–water partition coefficient (Wildman–Crippen LogP) is 2.77. The summed E-state index contributed by atoms with van der Waals surface area (Å²) in [4.78, 5) is 2.70. The Morgan fingerprint density at radius 2 is 2.15 bits per heavy atom. The van der Waals surface area contributed by atoms with Gasteiger partial charge < -0.3 is 0 Å². The van der Waals surface area contributed by atoms with Gasteiger partial charge in [0.1, 0.15) is 0 Å². The Labute approximate surface area is 81.8 Å². The first-order valence-electron chi connectivity index (χ1n) is 4.23. The van der Waals surface area contributed by atoms with Crippen LogP contribution in [0.1, 0.15) is 10.4 Å². The maximum absolute atomic E-state index is 4.17. The van der Waals surface area contributed by atoms with Gasteiger partial charge in [-0.3, -0.25) is 4.68 Å². The van der Waals surface area contributed by atoms with E-state index in [0.29, 0.717) is 0 Å². The SMILES string of the molecule is Cc1cc(C)c(-c2cnn(C)c2)s1. The third-order valence-corrected chi connectivity index (χ3v) is 3.21. The molecule has 0 N–H and O–H groups in total. The summed E-state index contributed by atoms with van der Waals surface area (Å²) in [6, 6.07) is 2.22. The Balaban J connectivity index is 2.51. The molecule has 13 heavy (non-hydrogen) atoms. The summed E-state index contributed by atoms with van der Waals surface area (Å²) < 4.78 is 1.84.